The standard InChI is InChI=1S/C21H28N2O2/c1-17-20(24-2)10-9-19(21(17)25-3)16-23-13-11-22(12-14-23)15-18-7-5-4-6-8-18/h4-10H,11-16H2,1-3H3/p+2. The van der Waals surface area contributed by atoms with Crippen LogP contribution in [0.1, 0.15) is 16.7 Å². The summed E-state index contributed by atoms with van der Waals surface area (Å²) in [6.45, 7) is 9.08. The summed E-state index contributed by atoms with van der Waals surface area (Å²) in [5, 5.41) is 0. The molecule has 0 aromatic heterocycles. The highest BCUT2D eigenvalue weighted by Crippen LogP contribution is 2.30. The third kappa shape index (κ3) is 4.33. The molecule has 1 aliphatic rings. The molecule has 4 heteroatoms. The van der Waals surface area contributed by atoms with E-state index in [-0.39, 0.29) is 0 Å². The van der Waals surface area contributed by atoms with Gasteiger partial charge in [0.05, 0.1) is 14.2 Å². The predicted molar refractivity (Wildman–Crippen MR) is 99.5 cm³/mol. The van der Waals surface area contributed by atoms with Crippen molar-refractivity contribution in [3.8, 4) is 11.5 Å². The highest BCUT2D eigenvalue weighted by atomic mass is 16.5. The molecular formula is C21H30N2O2+2. The summed E-state index contributed by atoms with van der Waals surface area (Å²) >= 11 is 0. The summed E-state index contributed by atoms with van der Waals surface area (Å²) in [7, 11) is 3.46. The van der Waals surface area contributed by atoms with Crippen LogP contribution in [0.4, 0.5) is 0 Å². The molecule has 0 saturated carbocycles. The first-order valence-electron chi connectivity index (χ1n) is 9.12. The Kier molecular flexibility index (Phi) is 5.95. The lowest BCUT2D eigenvalue weighted by molar-refractivity contribution is -1.02. The van der Waals surface area contributed by atoms with Crippen LogP contribution in [0.15, 0.2) is 42.5 Å². The van der Waals surface area contributed by atoms with E-state index < -0.39 is 0 Å². The average Bonchev–Trinajstić information content (AvgIpc) is 2.65. The van der Waals surface area contributed by atoms with Crippen molar-refractivity contribution >= 4 is 0 Å². The molecule has 3 rings (SSSR count). The molecule has 1 heterocycles. The second kappa shape index (κ2) is 8.37. The van der Waals surface area contributed by atoms with Gasteiger partial charge in [-0.1, -0.05) is 30.3 Å². The highest BCUT2D eigenvalue weighted by molar-refractivity contribution is 5.48. The molecule has 0 unspecified atom stereocenters. The maximum atomic E-state index is 5.66. The molecule has 0 amide bonds. The van der Waals surface area contributed by atoms with Gasteiger partial charge in [-0.05, 0) is 19.1 Å². The fourth-order valence-corrected chi connectivity index (χ4v) is 3.84. The second-order valence-electron chi connectivity index (χ2n) is 6.92. The Bertz CT molecular complexity index is 680. The molecule has 1 saturated heterocycles. The van der Waals surface area contributed by atoms with E-state index in [1.807, 2.05) is 0 Å². The van der Waals surface area contributed by atoms with E-state index in [1.165, 1.54) is 37.3 Å². The first-order chi connectivity index (χ1) is 12.2. The van der Waals surface area contributed by atoms with Crippen LogP contribution in [0.2, 0.25) is 0 Å². The molecule has 0 aliphatic carbocycles. The molecule has 0 bridgehead atoms. The Morgan fingerprint density at radius 1 is 0.800 bits per heavy atom. The smallest absolute Gasteiger partial charge is 0.134 e. The molecular weight excluding hydrogens is 312 g/mol. The van der Waals surface area contributed by atoms with Crippen LogP contribution >= 0.6 is 0 Å². The highest BCUT2D eigenvalue weighted by Gasteiger charge is 2.24. The molecule has 2 aromatic rings. The van der Waals surface area contributed by atoms with Gasteiger partial charge in [-0.15, -0.1) is 0 Å². The number of hydrogen-bond donors (Lipinski definition) is 2. The van der Waals surface area contributed by atoms with Gasteiger partial charge < -0.3 is 19.3 Å². The van der Waals surface area contributed by atoms with Crippen molar-refractivity contribution in [2.45, 2.75) is 20.0 Å². The second-order valence-corrected chi connectivity index (χ2v) is 6.92. The van der Waals surface area contributed by atoms with Crippen LogP contribution in [-0.2, 0) is 13.1 Å². The van der Waals surface area contributed by atoms with Crippen molar-refractivity contribution in [1.82, 2.24) is 0 Å². The molecule has 0 radical (unpaired) electrons. The number of ether oxygens (including phenoxy) is 2. The molecule has 1 aliphatic heterocycles. The predicted octanol–water partition coefficient (Wildman–Crippen LogP) is 0.496. The Morgan fingerprint density at radius 2 is 1.44 bits per heavy atom. The lowest BCUT2D eigenvalue weighted by Gasteiger charge is -2.30. The van der Waals surface area contributed by atoms with E-state index in [2.05, 4.69) is 49.4 Å². The Morgan fingerprint density at radius 3 is 2.04 bits per heavy atom. The zero-order valence-corrected chi connectivity index (χ0v) is 15.6. The fraction of sp³-hybridized carbons (Fsp3) is 0.429. The van der Waals surface area contributed by atoms with Gasteiger partial charge in [-0.3, -0.25) is 0 Å². The van der Waals surface area contributed by atoms with Gasteiger partial charge in [-0.25, -0.2) is 0 Å². The minimum absolute atomic E-state index is 0.896. The van der Waals surface area contributed by atoms with Crippen molar-refractivity contribution in [3.63, 3.8) is 0 Å². The SMILES string of the molecule is COc1ccc(C[NH+]2CC[NH+](Cc3ccccc3)CC2)c(OC)c1C. The number of rotatable bonds is 6. The molecule has 1 fully saturated rings. The van der Waals surface area contributed by atoms with Gasteiger partial charge in [0.1, 0.15) is 50.8 Å². The molecule has 2 aromatic carbocycles. The third-order valence-electron chi connectivity index (χ3n) is 5.26. The minimum Gasteiger partial charge on any atom is -0.496 e. The Balaban J connectivity index is 1.58. The molecule has 25 heavy (non-hydrogen) atoms. The number of piperazine rings is 1. The first-order valence-corrected chi connectivity index (χ1v) is 9.12. The van der Waals surface area contributed by atoms with Gasteiger partial charge in [-0.2, -0.15) is 0 Å². The van der Waals surface area contributed by atoms with Crippen molar-refractivity contribution in [2.75, 3.05) is 40.4 Å². The summed E-state index contributed by atoms with van der Waals surface area (Å²) < 4.78 is 11.1. The summed E-state index contributed by atoms with van der Waals surface area (Å²) in [4.78, 5) is 3.33. The maximum Gasteiger partial charge on any atom is 0.134 e. The number of nitrogens with one attached hydrogen (secondary N) is 2. The van der Waals surface area contributed by atoms with E-state index in [0.717, 1.165) is 30.2 Å². The van der Waals surface area contributed by atoms with Gasteiger partial charge in [0.25, 0.3) is 0 Å². The normalized spacial score (nSPS) is 20.3. The minimum atomic E-state index is 0.896. The van der Waals surface area contributed by atoms with E-state index in [1.54, 1.807) is 24.0 Å². The quantitative estimate of drug-likeness (QED) is 0.800. The number of quaternary nitrogens is 2. The van der Waals surface area contributed by atoms with Crippen molar-refractivity contribution in [2.24, 2.45) is 0 Å². The summed E-state index contributed by atoms with van der Waals surface area (Å²) in [6, 6.07) is 15.0. The van der Waals surface area contributed by atoms with Crippen LogP contribution in [0.3, 0.4) is 0 Å². The summed E-state index contributed by atoms with van der Waals surface area (Å²) in [5.74, 6) is 1.87. The number of hydrogen-bond acceptors (Lipinski definition) is 2. The zero-order chi connectivity index (χ0) is 17.6. The fourth-order valence-electron chi connectivity index (χ4n) is 3.84. The Hall–Kier alpha value is -2.04. The summed E-state index contributed by atoms with van der Waals surface area (Å²) in [6.07, 6.45) is 0. The van der Waals surface area contributed by atoms with Crippen LogP contribution < -0.4 is 19.3 Å². The largest absolute Gasteiger partial charge is 0.496 e. The van der Waals surface area contributed by atoms with Crippen LogP contribution in [0, 0.1) is 6.92 Å². The van der Waals surface area contributed by atoms with Crippen LogP contribution in [0.25, 0.3) is 0 Å². The number of methoxy groups -OCH3 is 2. The van der Waals surface area contributed by atoms with Gasteiger partial charge >= 0.3 is 0 Å². The number of benzene rings is 2. The van der Waals surface area contributed by atoms with E-state index in [9.17, 15) is 0 Å². The van der Waals surface area contributed by atoms with Crippen molar-refractivity contribution < 1.29 is 19.3 Å². The molecule has 0 atom stereocenters. The van der Waals surface area contributed by atoms with Gasteiger partial charge in [0.2, 0.25) is 0 Å². The lowest BCUT2D eigenvalue weighted by Crippen LogP contribution is -3.27. The first kappa shape index (κ1) is 17.8. The third-order valence-corrected chi connectivity index (χ3v) is 5.26. The van der Waals surface area contributed by atoms with E-state index >= 15 is 0 Å². The molecule has 4 nitrogen and oxygen atoms in total. The molecule has 2 N–H and O–H groups in total. The maximum absolute atomic E-state index is 5.66. The van der Waals surface area contributed by atoms with Gasteiger partial charge in [0.15, 0.2) is 0 Å². The van der Waals surface area contributed by atoms with Crippen molar-refractivity contribution in [1.29, 1.82) is 0 Å². The molecule has 0 spiro atoms. The lowest BCUT2D eigenvalue weighted by atomic mass is 10.1. The van der Waals surface area contributed by atoms with Crippen LogP contribution in [0.5, 0.6) is 11.5 Å². The molecule has 134 valence electrons. The average molecular weight is 342 g/mol. The van der Waals surface area contributed by atoms with Crippen molar-refractivity contribution in [3.05, 3.63) is 59.2 Å². The monoisotopic (exact) mass is 342 g/mol. The van der Waals surface area contributed by atoms with Crippen LogP contribution in [-0.4, -0.2) is 40.4 Å². The van der Waals surface area contributed by atoms with Gasteiger partial charge in [0, 0.05) is 16.7 Å². The van der Waals surface area contributed by atoms with E-state index in [4.69, 9.17) is 9.47 Å². The zero-order valence-electron chi connectivity index (χ0n) is 15.6. The Labute approximate surface area is 151 Å². The summed E-state index contributed by atoms with van der Waals surface area (Å²) in [5.41, 5.74) is 3.81. The topological polar surface area (TPSA) is 27.3 Å². The van der Waals surface area contributed by atoms with E-state index in [0.29, 0.717) is 0 Å².